The molecule has 18 heavy (non-hydrogen) atoms. The van der Waals surface area contributed by atoms with Gasteiger partial charge in [-0.25, -0.2) is 9.97 Å². The Labute approximate surface area is 107 Å². The summed E-state index contributed by atoms with van der Waals surface area (Å²) in [5, 5.41) is 6.26. The lowest BCUT2D eigenvalue weighted by Crippen LogP contribution is -2.44. The fraction of sp³-hybridized carbons (Fsp3) is 0.615. The quantitative estimate of drug-likeness (QED) is 0.849. The average Bonchev–Trinajstić information content (AvgIpc) is 2.41. The highest BCUT2D eigenvalue weighted by atomic mass is 16.2. The maximum absolute atomic E-state index is 12.5. The van der Waals surface area contributed by atoms with E-state index in [-0.39, 0.29) is 11.3 Å². The number of carbonyl (C=O) groups is 1. The van der Waals surface area contributed by atoms with E-state index in [0.29, 0.717) is 5.69 Å². The maximum atomic E-state index is 12.5. The number of anilines is 1. The van der Waals surface area contributed by atoms with Crippen LogP contribution in [-0.2, 0) is 4.79 Å². The Morgan fingerprint density at radius 2 is 2.06 bits per heavy atom. The van der Waals surface area contributed by atoms with E-state index >= 15 is 0 Å². The predicted molar refractivity (Wildman–Crippen MR) is 70.1 cm³/mol. The summed E-state index contributed by atoms with van der Waals surface area (Å²) in [5.74, 6) is 0.112. The number of hydrogen-bond acceptors (Lipinski definition) is 4. The van der Waals surface area contributed by atoms with Gasteiger partial charge in [-0.05, 0) is 32.4 Å². The van der Waals surface area contributed by atoms with Gasteiger partial charge in [-0.2, -0.15) is 0 Å². The first-order valence-electron chi connectivity index (χ1n) is 6.54. The highest BCUT2D eigenvalue weighted by molar-refractivity contribution is 5.95. The number of nitrogens with one attached hydrogen (secondary N) is 2. The minimum Gasteiger partial charge on any atom is -0.323 e. The number of hydrogen-bond donors (Lipinski definition) is 2. The van der Waals surface area contributed by atoms with Gasteiger partial charge in [0.05, 0.1) is 23.5 Å². The first-order chi connectivity index (χ1) is 8.77. The lowest BCUT2D eigenvalue weighted by Gasteiger charge is -2.36. The number of piperidine rings is 1. The number of aromatic nitrogens is 2. The van der Waals surface area contributed by atoms with Crippen LogP contribution < -0.4 is 10.6 Å². The van der Waals surface area contributed by atoms with Crippen LogP contribution in [0.4, 0.5) is 5.69 Å². The number of amides is 1. The molecule has 0 spiro atoms. The monoisotopic (exact) mass is 248 g/mol. The van der Waals surface area contributed by atoms with Crippen LogP contribution in [-0.4, -0.2) is 29.0 Å². The molecule has 1 aliphatic heterocycles. The van der Waals surface area contributed by atoms with Crippen LogP contribution in [0.3, 0.4) is 0 Å². The smallest absolute Gasteiger partial charge is 0.230 e. The molecule has 1 aliphatic rings. The Kier molecular flexibility index (Phi) is 4.25. The molecule has 2 rings (SSSR count). The molecule has 5 heteroatoms. The first kappa shape index (κ1) is 13.0. The summed E-state index contributed by atoms with van der Waals surface area (Å²) in [7, 11) is 0. The normalized spacial score (nSPS) is 18.3. The van der Waals surface area contributed by atoms with E-state index < -0.39 is 0 Å². The van der Waals surface area contributed by atoms with E-state index in [1.807, 2.05) is 0 Å². The second-order valence-corrected chi connectivity index (χ2v) is 4.86. The SMILES string of the molecule is CCCC1(C(=O)Nc2cncnc2)CCNCC1. The third kappa shape index (κ3) is 2.85. The van der Waals surface area contributed by atoms with Crippen LogP contribution in [0.15, 0.2) is 18.7 Å². The van der Waals surface area contributed by atoms with E-state index in [2.05, 4.69) is 27.5 Å². The fourth-order valence-corrected chi connectivity index (χ4v) is 2.60. The zero-order valence-corrected chi connectivity index (χ0v) is 10.8. The van der Waals surface area contributed by atoms with Gasteiger partial charge in [0.15, 0.2) is 0 Å². The van der Waals surface area contributed by atoms with E-state index in [0.717, 1.165) is 38.8 Å². The standard InChI is InChI=1S/C13H20N4O/c1-2-3-13(4-6-14-7-5-13)12(18)17-11-8-15-10-16-9-11/h8-10,14H,2-7H2,1H3,(H,17,18). The lowest BCUT2D eigenvalue weighted by molar-refractivity contribution is -0.127. The van der Waals surface area contributed by atoms with Crippen LogP contribution in [0.25, 0.3) is 0 Å². The third-order valence-corrected chi connectivity index (χ3v) is 3.59. The highest BCUT2D eigenvalue weighted by Gasteiger charge is 2.38. The number of nitrogens with zero attached hydrogens (tertiary/aromatic N) is 2. The van der Waals surface area contributed by atoms with Gasteiger partial charge in [-0.1, -0.05) is 13.3 Å². The van der Waals surface area contributed by atoms with Crippen molar-refractivity contribution in [1.82, 2.24) is 15.3 Å². The molecular formula is C13H20N4O. The molecule has 2 heterocycles. The summed E-state index contributed by atoms with van der Waals surface area (Å²) in [4.78, 5) is 20.3. The number of rotatable bonds is 4. The minimum atomic E-state index is -0.226. The number of carbonyl (C=O) groups excluding carboxylic acids is 1. The van der Waals surface area contributed by atoms with Crippen molar-refractivity contribution in [2.75, 3.05) is 18.4 Å². The van der Waals surface area contributed by atoms with E-state index in [1.165, 1.54) is 6.33 Å². The highest BCUT2D eigenvalue weighted by Crippen LogP contribution is 2.35. The summed E-state index contributed by atoms with van der Waals surface area (Å²) in [6.45, 7) is 3.96. The van der Waals surface area contributed by atoms with E-state index in [4.69, 9.17) is 0 Å². The van der Waals surface area contributed by atoms with Gasteiger partial charge in [0.1, 0.15) is 6.33 Å². The molecule has 0 bridgehead atoms. The molecule has 1 aromatic heterocycles. The van der Waals surface area contributed by atoms with Crippen molar-refractivity contribution in [3.8, 4) is 0 Å². The Hall–Kier alpha value is -1.49. The summed E-state index contributed by atoms with van der Waals surface area (Å²) < 4.78 is 0. The lowest BCUT2D eigenvalue weighted by atomic mass is 9.74. The van der Waals surface area contributed by atoms with Crippen LogP contribution >= 0.6 is 0 Å². The molecule has 0 atom stereocenters. The maximum Gasteiger partial charge on any atom is 0.230 e. The Bertz CT molecular complexity index is 382. The summed E-state index contributed by atoms with van der Waals surface area (Å²) in [5.41, 5.74) is 0.451. The van der Waals surface area contributed by atoms with Gasteiger partial charge in [-0.3, -0.25) is 4.79 Å². The Morgan fingerprint density at radius 3 is 2.67 bits per heavy atom. The third-order valence-electron chi connectivity index (χ3n) is 3.59. The minimum absolute atomic E-state index is 0.112. The second kappa shape index (κ2) is 5.91. The van der Waals surface area contributed by atoms with Gasteiger partial charge in [-0.15, -0.1) is 0 Å². The molecule has 1 aromatic rings. The van der Waals surface area contributed by atoms with Gasteiger partial charge >= 0.3 is 0 Å². The van der Waals surface area contributed by atoms with Gasteiger partial charge < -0.3 is 10.6 Å². The van der Waals surface area contributed by atoms with Crippen molar-refractivity contribution in [3.05, 3.63) is 18.7 Å². The van der Waals surface area contributed by atoms with Crippen molar-refractivity contribution in [2.24, 2.45) is 5.41 Å². The topological polar surface area (TPSA) is 66.9 Å². The molecule has 2 N–H and O–H groups in total. The van der Waals surface area contributed by atoms with Gasteiger partial charge in [0, 0.05) is 0 Å². The molecule has 1 fully saturated rings. The molecule has 1 amide bonds. The van der Waals surface area contributed by atoms with E-state index in [9.17, 15) is 4.79 Å². The van der Waals surface area contributed by atoms with Crippen molar-refractivity contribution in [1.29, 1.82) is 0 Å². The van der Waals surface area contributed by atoms with Crippen molar-refractivity contribution < 1.29 is 4.79 Å². The molecule has 98 valence electrons. The Morgan fingerprint density at radius 1 is 1.39 bits per heavy atom. The first-order valence-corrected chi connectivity index (χ1v) is 6.54. The van der Waals surface area contributed by atoms with E-state index in [1.54, 1.807) is 12.4 Å². The predicted octanol–water partition coefficient (Wildman–Crippen LogP) is 1.58. The second-order valence-electron chi connectivity index (χ2n) is 4.86. The zero-order valence-electron chi connectivity index (χ0n) is 10.8. The fourth-order valence-electron chi connectivity index (χ4n) is 2.60. The Balaban J connectivity index is 2.08. The van der Waals surface area contributed by atoms with Crippen LogP contribution in [0.5, 0.6) is 0 Å². The molecule has 0 unspecified atom stereocenters. The summed E-state index contributed by atoms with van der Waals surface area (Å²) >= 11 is 0. The molecule has 5 nitrogen and oxygen atoms in total. The summed E-state index contributed by atoms with van der Waals surface area (Å²) in [6.07, 6.45) is 8.49. The van der Waals surface area contributed by atoms with Crippen LogP contribution in [0, 0.1) is 5.41 Å². The van der Waals surface area contributed by atoms with Gasteiger partial charge in [0.2, 0.25) is 5.91 Å². The summed E-state index contributed by atoms with van der Waals surface area (Å²) in [6, 6.07) is 0. The van der Waals surface area contributed by atoms with Crippen LogP contribution in [0.2, 0.25) is 0 Å². The molecule has 0 saturated carbocycles. The molecule has 0 aliphatic carbocycles. The van der Waals surface area contributed by atoms with Crippen molar-refractivity contribution in [2.45, 2.75) is 32.6 Å². The van der Waals surface area contributed by atoms with Crippen LogP contribution in [0.1, 0.15) is 32.6 Å². The molecule has 0 radical (unpaired) electrons. The molecule has 0 aromatic carbocycles. The molecule has 1 saturated heterocycles. The van der Waals surface area contributed by atoms with Gasteiger partial charge in [0.25, 0.3) is 0 Å². The van der Waals surface area contributed by atoms with Crippen molar-refractivity contribution in [3.63, 3.8) is 0 Å². The zero-order chi connectivity index (χ0) is 12.8. The average molecular weight is 248 g/mol. The largest absolute Gasteiger partial charge is 0.323 e. The van der Waals surface area contributed by atoms with Crippen molar-refractivity contribution >= 4 is 11.6 Å². The molecular weight excluding hydrogens is 228 g/mol.